The molecule has 2 aromatic rings. The third kappa shape index (κ3) is 0.936. The molecule has 0 fully saturated rings. The van der Waals surface area contributed by atoms with Gasteiger partial charge in [-0.3, -0.25) is 5.10 Å². The first-order valence-corrected chi connectivity index (χ1v) is 3.02. The zero-order valence-electron chi connectivity index (χ0n) is 5.60. The van der Waals surface area contributed by atoms with Crippen LogP contribution < -0.4 is 5.73 Å². The molecule has 0 spiro atoms. The van der Waals surface area contributed by atoms with Crippen molar-refractivity contribution in [2.24, 2.45) is 0 Å². The quantitative estimate of drug-likeness (QED) is 0.577. The molecule has 0 saturated carbocycles. The Bertz CT molecular complexity index is 333. The number of nitrogens with zero attached hydrogens (tertiary/aromatic N) is 4. The Labute approximate surface area is 62.1 Å². The van der Waals surface area contributed by atoms with Crippen LogP contribution in [0.3, 0.4) is 0 Å². The average molecular weight is 150 g/mol. The molecule has 2 rings (SSSR count). The summed E-state index contributed by atoms with van der Waals surface area (Å²) in [5.74, 6) is 0.256. The van der Waals surface area contributed by atoms with Crippen molar-refractivity contribution in [1.82, 2.24) is 25.0 Å². The van der Waals surface area contributed by atoms with Crippen LogP contribution >= 0.6 is 0 Å². The molecule has 0 unspecified atom stereocenters. The molecule has 0 aliphatic rings. The van der Waals surface area contributed by atoms with Crippen LogP contribution in [-0.2, 0) is 0 Å². The minimum absolute atomic E-state index is 0.256. The minimum Gasteiger partial charge on any atom is -0.366 e. The molecule has 0 bridgehead atoms. The number of nitrogen functional groups attached to an aromatic ring is 1. The van der Waals surface area contributed by atoms with Crippen LogP contribution in [0.15, 0.2) is 18.7 Å². The summed E-state index contributed by atoms with van der Waals surface area (Å²) < 4.78 is 1.54. The molecular weight excluding hydrogens is 144 g/mol. The second-order valence-electron chi connectivity index (χ2n) is 2.00. The van der Waals surface area contributed by atoms with Crippen molar-refractivity contribution in [3.05, 3.63) is 18.7 Å². The fourth-order valence-electron chi connectivity index (χ4n) is 0.770. The number of anilines is 1. The lowest BCUT2D eigenvalue weighted by Gasteiger charge is -1.89. The van der Waals surface area contributed by atoms with Crippen LogP contribution in [-0.4, -0.2) is 25.0 Å². The molecule has 0 aliphatic heterocycles. The van der Waals surface area contributed by atoms with Gasteiger partial charge in [0.15, 0.2) is 0 Å². The van der Waals surface area contributed by atoms with Gasteiger partial charge < -0.3 is 5.73 Å². The Hall–Kier alpha value is -1.85. The summed E-state index contributed by atoms with van der Waals surface area (Å²) in [6.07, 6.45) is 4.86. The summed E-state index contributed by atoms with van der Waals surface area (Å²) >= 11 is 0. The highest BCUT2D eigenvalue weighted by Gasteiger charge is 1.98. The minimum atomic E-state index is 0.256. The summed E-state index contributed by atoms with van der Waals surface area (Å²) in [7, 11) is 0. The molecule has 11 heavy (non-hydrogen) atoms. The number of aromatic nitrogens is 5. The Balaban J connectivity index is 2.45. The number of H-pyrrole nitrogens is 1. The number of hydrogen-bond donors (Lipinski definition) is 2. The van der Waals surface area contributed by atoms with Crippen molar-refractivity contribution in [3.63, 3.8) is 0 Å². The van der Waals surface area contributed by atoms with Crippen LogP contribution in [0, 0.1) is 0 Å². The summed E-state index contributed by atoms with van der Waals surface area (Å²) in [6.45, 7) is 0. The molecule has 6 nitrogen and oxygen atoms in total. The van der Waals surface area contributed by atoms with Crippen molar-refractivity contribution in [2.75, 3.05) is 5.73 Å². The largest absolute Gasteiger partial charge is 0.366 e. The maximum atomic E-state index is 5.31. The van der Waals surface area contributed by atoms with Crippen LogP contribution in [0.4, 0.5) is 5.95 Å². The highest BCUT2D eigenvalue weighted by molar-refractivity contribution is 5.24. The van der Waals surface area contributed by atoms with E-state index in [9.17, 15) is 0 Å². The molecule has 0 aromatic carbocycles. The van der Waals surface area contributed by atoms with E-state index >= 15 is 0 Å². The van der Waals surface area contributed by atoms with Gasteiger partial charge in [0.05, 0.1) is 6.20 Å². The van der Waals surface area contributed by atoms with Gasteiger partial charge in [-0.1, -0.05) is 0 Å². The zero-order valence-corrected chi connectivity index (χ0v) is 5.60. The van der Waals surface area contributed by atoms with E-state index in [1.54, 1.807) is 17.1 Å². The van der Waals surface area contributed by atoms with E-state index in [0.29, 0.717) is 0 Å². The summed E-state index contributed by atoms with van der Waals surface area (Å²) in [6, 6.07) is 0. The van der Waals surface area contributed by atoms with Crippen molar-refractivity contribution < 1.29 is 0 Å². The highest BCUT2D eigenvalue weighted by atomic mass is 15.4. The maximum absolute atomic E-state index is 5.31. The molecule has 0 atom stereocenters. The fraction of sp³-hybridized carbons (Fsp3) is 0. The molecule has 3 N–H and O–H groups in total. The van der Waals surface area contributed by atoms with E-state index in [1.807, 2.05) is 0 Å². The van der Waals surface area contributed by atoms with Crippen LogP contribution in [0.1, 0.15) is 0 Å². The summed E-state index contributed by atoms with van der Waals surface area (Å²) in [5, 5.41) is 10.3. The first kappa shape index (κ1) is 5.90. The van der Waals surface area contributed by atoms with Gasteiger partial charge in [-0.15, -0.1) is 5.10 Å². The lowest BCUT2D eigenvalue weighted by Crippen LogP contribution is -1.93. The monoisotopic (exact) mass is 150 g/mol. The van der Waals surface area contributed by atoms with Crippen molar-refractivity contribution in [2.45, 2.75) is 0 Å². The lowest BCUT2D eigenvalue weighted by molar-refractivity contribution is 0.884. The Morgan fingerprint density at radius 3 is 3.00 bits per heavy atom. The molecule has 0 radical (unpaired) electrons. The number of aromatic amines is 1. The first-order valence-electron chi connectivity index (χ1n) is 3.02. The van der Waals surface area contributed by atoms with Crippen LogP contribution in [0.2, 0.25) is 0 Å². The predicted molar refractivity (Wildman–Crippen MR) is 37.9 cm³/mol. The van der Waals surface area contributed by atoms with Gasteiger partial charge >= 0.3 is 0 Å². The van der Waals surface area contributed by atoms with Crippen LogP contribution in [0.5, 0.6) is 0 Å². The SMILES string of the molecule is Nc1ncn(-c2cn[nH]c2)n1. The number of nitrogens with two attached hydrogens (primary N) is 1. The van der Waals surface area contributed by atoms with Crippen molar-refractivity contribution >= 4 is 5.95 Å². The Morgan fingerprint density at radius 1 is 1.55 bits per heavy atom. The Kier molecular flexibility index (Phi) is 1.12. The topological polar surface area (TPSA) is 85.4 Å². The fourth-order valence-corrected chi connectivity index (χ4v) is 0.770. The molecule has 2 heterocycles. The summed E-state index contributed by atoms with van der Waals surface area (Å²) in [4.78, 5) is 3.76. The number of rotatable bonds is 1. The van der Waals surface area contributed by atoms with Gasteiger partial charge in [-0.2, -0.15) is 5.10 Å². The molecule has 0 saturated heterocycles. The average Bonchev–Trinajstić information content (AvgIpc) is 2.55. The van der Waals surface area contributed by atoms with Gasteiger partial charge in [0.25, 0.3) is 0 Å². The normalized spacial score (nSPS) is 10.2. The Morgan fingerprint density at radius 2 is 2.45 bits per heavy atom. The van der Waals surface area contributed by atoms with Gasteiger partial charge in [0.2, 0.25) is 5.95 Å². The van der Waals surface area contributed by atoms with Gasteiger partial charge in [-0.05, 0) is 0 Å². The van der Waals surface area contributed by atoms with E-state index in [2.05, 4.69) is 20.3 Å². The molecule has 6 heteroatoms. The van der Waals surface area contributed by atoms with E-state index in [4.69, 9.17) is 5.73 Å². The highest BCUT2D eigenvalue weighted by Crippen LogP contribution is 2.01. The lowest BCUT2D eigenvalue weighted by atomic mass is 10.6. The molecule has 0 aliphatic carbocycles. The zero-order chi connectivity index (χ0) is 7.68. The second-order valence-corrected chi connectivity index (χ2v) is 2.00. The number of hydrogen-bond acceptors (Lipinski definition) is 4. The first-order chi connectivity index (χ1) is 5.36. The van der Waals surface area contributed by atoms with E-state index in [0.717, 1.165) is 5.69 Å². The third-order valence-corrected chi connectivity index (χ3v) is 1.26. The molecule has 2 aromatic heterocycles. The predicted octanol–water partition coefficient (Wildman–Crippen LogP) is -0.427. The van der Waals surface area contributed by atoms with Gasteiger partial charge in [0.1, 0.15) is 12.0 Å². The van der Waals surface area contributed by atoms with E-state index < -0.39 is 0 Å². The van der Waals surface area contributed by atoms with E-state index in [1.165, 1.54) is 6.33 Å². The van der Waals surface area contributed by atoms with Gasteiger partial charge in [-0.25, -0.2) is 9.67 Å². The number of nitrogens with one attached hydrogen (secondary N) is 1. The standard InChI is InChI=1S/C5H6N6/c6-5-7-3-11(10-5)4-1-8-9-2-4/h1-3H,(H2,6,10)(H,8,9). The maximum Gasteiger partial charge on any atom is 0.239 e. The van der Waals surface area contributed by atoms with Crippen LogP contribution in [0.25, 0.3) is 5.69 Å². The molecule has 56 valence electrons. The van der Waals surface area contributed by atoms with Crippen molar-refractivity contribution in [1.29, 1.82) is 0 Å². The van der Waals surface area contributed by atoms with Crippen molar-refractivity contribution in [3.8, 4) is 5.69 Å². The smallest absolute Gasteiger partial charge is 0.239 e. The third-order valence-electron chi connectivity index (χ3n) is 1.26. The molecular formula is C5H6N6. The molecule has 0 amide bonds. The second kappa shape index (κ2) is 2.08. The summed E-state index contributed by atoms with van der Waals surface area (Å²) in [5.41, 5.74) is 6.13. The van der Waals surface area contributed by atoms with E-state index in [-0.39, 0.29) is 5.95 Å². The van der Waals surface area contributed by atoms with Gasteiger partial charge in [0, 0.05) is 6.20 Å².